The van der Waals surface area contributed by atoms with Crippen LogP contribution < -0.4 is 15.5 Å². The second-order valence-electron chi connectivity index (χ2n) is 7.37. The Morgan fingerprint density at radius 2 is 1.89 bits per heavy atom. The van der Waals surface area contributed by atoms with Gasteiger partial charge in [0.1, 0.15) is 5.69 Å². The van der Waals surface area contributed by atoms with Crippen molar-refractivity contribution in [2.24, 2.45) is 0 Å². The summed E-state index contributed by atoms with van der Waals surface area (Å²) in [5, 5.41) is 6.36. The van der Waals surface area contributed by atoms with Crippen LogP contribution >= 0.6 is 0 Å². The van der Waals surface area contributed by atoms with Crippen LogP contribution in [0.25, 0.3) is 0 Å². The van der Waals surface area contributed by atoms with Gasteiger partial charge in [-0.15, -0.1) is 0 Å². The standard InChI is InChI=1S/C22H31N5O/c1-4-27(5-2)18-11-12-19(16(3)15-18)25-22-23-14-13-20(26-22)21(28)24-17-9-7-6-8-10-17/h11-15,17H,4-10H2,1-3H3,(H,24,28)(H,23,25,26). The van der Waals surface area contributed by atoms with Crippen LogP contribution in [0.5, 0.6) is 0 Å². The van der Waals surface area contributed by atoms with Gasteiger partial charge < -0.3 is 15.5 Å². The first kappa shape index (κ1) is 20.1. The zero-order valence-electron chi connectivity index (χ0n) is 17.2. The molecule has 6 nitrogen and oxygen atoms in total. The van der Waals surface area contributed by atoms with E-state index in [-0.39, 0.29) is 11.9 Å². The Bertz CT molecular complexity index is 797. The van der Waals surface area contributed by atoms with E-state index >= 15 is 0 Å². The quantitative estimate of drug-likeness (QED) is 0.742. The predicted molar refractivity (Wildman–Crippen MR) is 114 cm³/mol. The SMILES string of the molecule is CCN(CC)c1ccc(Nc2nccc(C(=O)NC3CCCCC3)n2)c(C)c1. The summed E-state index contributed by atoms with van der Waals surface area (Å²) in [4.78, 5) is 23.5. The lowest BCUT2D eigenvalue weighted by Gasteiger charge is -2.22. The predicted octanol–water partition coefficient (Wildman–Crippen LogP) is 4.44. The summed E-state index contributed by atoms with van der Waals surface area (Å²) in [6.45, 7) is 8.33. The fourth-order valence-electron chi connectivity index (χ4n) is 3.75. The van der Waals surface area contributed by atoms with Crippen LogP contribution in [-0.2, 0) is 0 Å². The number of nitrogens with zero attached hydrogens (tertiary/aromatic N) is 3. The van der Waals surface area contributed by atoms with E-state index in [1.165, 1.54) is 24.9 Å². The molecule has 28 heavy (non-hydrogen) atoms. The number of rotatable bonds is 7. The largest absolute Gasteiger partial charge is 0.372 e. The fraction of sp³-hybridized carbons (Fsp3) is 0.500. The first-order chi connectivity index (χ1) is 13.6. The van der Waals surface area contributed by atoms with Gasteiger partial charge in [-0.05, 0) is 63.4 Å². The van der Waals surface area contributed by atoms with Crippen LogP contribution in [0.15, 0.2) is 30.5 Å². The number of aromatic nitrogens is 2. The Morgan fingerprint density at radius 3 is 2.57 bits per heavy atom. The summed E-state index contributed by atoms with van der Waals surface area (Å²) in [5.74, 6) is 0.320. The van der Waals surface area contributed by atoms with Crippen molar-refractivity contribution in [3.8, 4) is 0 Å². The maximum Gasteiger partial charge on any atom is 0.270 e. The highest BCUT2D eigenvalue weighted by molar-refractivity contribution is 5.92. The molecule has 2 N–H and O–H groups in total. The normalized spacial score (nSPS) is 14.5. The third kappa shape index (κ3) is 5.00. The lowest BCUT2D eigenvalue weighted by molar-refractivity contribution is 0.0922. The number of hydrogen-bond acceptors (Lipinski definition) is 5. The highest BCUT2D eigenvalue weighted by atomic mass is 16.1. The van der Waals surface area contributed by atoms with Crippen molar-refractivity contribution in [3.63, 3.8) is 0 Å². The lowest BCUT2D eigenvalue weighted by atomic mass is 9.95. The fourth-order valence-corrected chi connectivity index (χ4v) is 3.75. The van der Waals surface area contributed by atoms with Crippen molar-refractivity contribution in [3.05, 3.63) is 41.7 Å². The van der Waals surface area contributed by atoms with Crippen molar-refractivity contribution < 1.29 is 4.79 Å². The second-order valence-corrected chi connectivity index (χ2v) is 7.37. The van der Waals surface area contributed by atoms with E-state index in [4.69, 9.17) is 0 Å². The topological polar surface area (TPSA) is 70.2 Å². The summed E-state index contributed by atoms with van der Waals surface area (Å²) in [7, 11) is 0. The molecule has 0 radical (unpaired) electrons. The van der Waals surface area contributed by atoms with Gasteiger partial charge in [-0.1, -0.05) is 19.3 Å². The molecule has 6 heteroatoms. The molecular formula is C22H31N5O. The molecule has 150 valence electrons. The van der Waals surface area contributed by atoms with Crippen LogP contribution in [0.4, 0.5) is 17.3 Å². The first-order valence-corrected chi connectivity index (χ1v) is 10.4. The average molecular weight is 382 g/mol. The number of amides is 1. The van der Waals surface area contributed by atoms with E-state index in [2.05, 4.69) is 58.4 Å². The van der Waals surface area contributed by atoms with E-state index in [0.29, 0.717) is 11.6 Å². The van der Waals surface area contributed by atoms with Crippen molar-refractivity contribution in [1.82, 2.24) is 15.3 Å². The van der Waals surface area contributed by atoms with Crippen LogP contribution in [0, 0.1) is 6.92 Å². The summed E-state index contributed by atoms with van der Waals surface area (Å²) >= 11 is 0. The Kier molecular flexibility index (Phi) is 6.85. The van der Waals surface area contributed by atoms with Crippen molar-refractivity contribution in [2.75, 3.05) is 23.3 Å². The third-order valence-corrected chi connectivity index (χ3v) is 5.41. The molecule has 3 rings (SSSR count). The molecule has 0 aliphatic heterocycles. The molecule has 0 saturated heterocycles. The molecule has 1 saturated carbocycles. The number of nitrogens with one attached hydrogen (secondary N) is 2. The van der Waals surface area contributed by atoms with E-state index in [1.54, 1.807) is 12.3 Å². The average Bonchev–Trinajstić information content (AvgIpc) is 2.72. The van der Waals surface area contributed by atoms with Gasteiger partial charge in [0.25, 0.3) is 5.91 Å². The molecule has 1 aliphatic rings. The molecular weight excluding hydrogens is 350 g/mol. The van der Waals surface area contributed by atoms with E-state index in [0.717, 1.165) is 37.2 Å². The van der Waals surface area contributed by atoms with Crippen molar-refractivity contribution in [1.29, 1.82) is 0 Å². The van der Waals surface area contributed by atoms with Crippen LogP contribution in [-0.4, -0.2) is 35.0 Å². The highest BCUT2D eigenvalue weighted by Crippen LogP contribution is 2.24. The Morgan fingerprint density at radius 1 is 1.14 bits per heavy atom. The monoisotopic (exact) mass is 381 g/mol. The smallest absolute Gasteiger partial charge is 0.270 e. The maximum absolute atomic E-state index is 12.5. The number of aryl methyl sites for hydroxylation is 1. The number of carbonyl (C=O) groups is 1. The molecule has 0 unspecified atom stereocenters. The van der Waals surface area contributed by atoms with Gasteiger partial charge >= 0.3 is 0 Å². The van der Waals surface area contributed by atoms with Gasteiger partial charge in [-0.2, -0.15) is 0 Å². The van der Waals surface area contributed by atoms with Crippen molar-refractivity contribution >= 4 is 23.2 Å². The summed E-state index contributed by atoms with van der Waals surface area (Å²) in [6, 6.07) is 8.24. The Balaban J connectivity index is 1.69. The van der Waals surface area contributed by atoms with E-state index < -0.39 is 0 Å². The summed E-state index contributed by atoms with van der Waals surface area (Å²) in [6.07, 6.45) is 7.37. The van der Waals surface area contributed by atoms with Gasteiger partial charge in [-0.25, -0.2) is 9.97 Å². The van der Waals surface area contributed by atoms with Gasteiger partial charge in [0, 0.05) is 36.7 Å². The van der Waals surface area contributed by atoms with Gasteiger partial charge in [-0.3, -0.25) is 4.79 Å². The number of benzene rings is 1. The molecule has 2 aromatic rings. The number of anilines is 3. The van der Waals surface area contributed by atoms with Gasteiger partial charge in [0.15, 0.2) is 0 Å². The highest BCUT2D eigenvalue weighted by Gasteiger charge is 2.18. The minimum Gasteiger partial charge on any atom is -0.372 e. The van der Waals surface area contributed by atoms with E-state index in [1.807, 2.05) is 6.07 Å². The van der Waals surface area contributed by atoms with Gasteiger partial charge in [0.05, 0.1) is 0 Å². The van der Waals surface area contributed by atoms with Crippen molar-refractivity contribution in [2.45, 2.75) is 58.9 Å². The minimum atomic E-state index is -0.119. The molecule has 0 spiro atoms. The second kappa shape index (κ2) is 9.53. The molecule has 1 aliphatic carbocycles. The first-order valence-electron chi connectivity index (χ1n) is 10.4. The third-order valence-electron chi connectivity index (χ3n) is 5.41. The molecule has 1 heterocycles. The van der Waals surface area contributed by atoms with Crippen LogP contribution in [0.1, 0.15) is 62.0 Å². The van der Waals surface area contributed by atoms with E-state index in [9.17, 15) is 4.79 Å². The summed E-state index contributed by atoms with van der Waals surface area (Å²) < 4.78 is 0. The molecule has 1 fully saturated rings. The zero-order valence-corrected chi connectivity index (χ0v) is 17.2. The molecule has 0 atom stereocenters. The molecule has 1 amide bonds. The molecule has 0 bridgehead atoms. The Labute approximate surface area is 167 Å². The molecule has 1 aromatic carbocycles. The van der Waals surface area contributed by atoms with Crippen LogP contribution in [0.3, 0.4) is 0 Å². The maximum atomic E-state index is 12.5. The minimum absolute atomic E-state index is 0.119. The molecule has 1 aromatic heterocycles. The van der Waals surface area contributed by atoms with Crippen LogP contribution in [0.2, 0.25) is 0 Å². The summed E-state index contributed by atoms with van der Waals surface area (Å²) in [5.41, 5.74) is 3.67. The lowest BCUT2D eigenvalue weighted by Crippen LogP contribution is -2.36. The number of hydrogen-bond donors (Lipinski definition) is 2. The number of carbonyl (C=O) groups excluding carboxylic acids is 1. The van der Waals surface area contributed by atoms with Gasteiger partial charge in [0.2, 0.25) is 5.95 Å². The Hall–Kier alpha value is -2.63. The zero-order chi connectivity index (χ0) is 19.9.